The number of nitrogens with one attached hydrogen (secondary N) is 1. The first-order valence-corrected chi connectivity index (χ1v) is 8.00. The molecular formula is C16H15ClN2OS. The molecule has 0 saturated carbocycles. The van der Waals surface area contributed by atoms with Gasteiger partial charge < -0.3 is 10.1 Å². The summed E-state index contributed by atoms with van der Waals surface area (Å²) in [6.45, 7) is 2.83. The van der Waals surface area contributed by atoms with E-state index in [-0.39, 0.29) is 0 Å². The molecule has 5 heteroatoms. The minimum atomic E-state index is 0.737. The number of thiazole rings is 1. The number of anilines is 2. The van der Waals surface area contributed by atoms with E-state index in [1.165, 1.54) is 0 Å². The average Bonchev–Trinajstić information content (AvgIpc) is 2.91. The molecule has 0 aliphatic carbocycles. The molecule has 0 atom stereocenters. The lowest BCUT2D eigenvalue weighted by atomic mass is 10.3. The predicted octanol–water partition coefficient (Wildman–Crippen LogP) is 5.48. The zero-order chi connectivity index (χ0) is 14.7. The molecule has 3 rings (SSSR count). The van der Waals surface area contributed by atoms with Gasteiger partial charge in [0.05, 0.1) is 21.8 Å². The molecule has 2 aromatic carbocycles. The number of aromatic nitrogens is 1. The van der Waals surface area contributed by atoms with Crippen molar-refractivity contribution in [1.82, 2.24) is 4.98 Å². The van der Waals surface area contributed by atoms with Gasteiger partial charge in [-0.3, -0.25) is 0 Å². The number of hydrogen-bond acceptors (Lipinski definition) is 4. The van der Waals surface area contributed by atoms with Gasteiger partial charge in [-0.25, -0.2) is 4.98 Å². The van der Waals surface area contributed by atoms with Crippen LogP contribution in [0.3, 0.4) is 0 Å². The highest BCUT2D eigenvalue weighted by molar-refractivity contribution is 7.22. The van der Waals surface area contributed by atoms with Gasteiger partial charge >= 0.3 is 0 Å². The summed E-state index contributed by atoms with van der Waals surface area (Å²) in [5.41, 5.74) is 1.90. The van der Waals surface area contributed by atoms with E-state index in [9.17, 15) is 0 Å². The van der Waals surface area contributed by atoms with Gasteiger partial charge in [0.2, 0.25) is 0 Å². The topological polar surface area (TPSA) is 34.1 Å². The summed E-state index contributed by atoms with van der Waals surface area (Å²) >= 11 is 7.72. The van der Waals surface area contributed by atoms with Crippen LogP contribution in [0.15, 0.2) is 42.5 Å². The van der Waals surface area contributed by atoms with Gasteiger partial charge in [-0.15, -0.1) is 0 Å². The fourth-order valence-corrected chi connectivity index (χ4v) is 3.12. The Kier molecular flexibility index (Phi) is 4.27. The summed E-state index contributed by atoms with van der Waals surface area (Å²) in [6.07, 6.45) is 1.01. The molecule has 0 spiro atoms. The van der Waals surface area contributed by atoms with E-state index in [1.807, 2.05) is 42.5 Å². The maximum absolute atomic E-state index is 6.17. The molecule has 0 bridgehead atoms. The van der Waals surface area contributed by atoms with E-state index < -0.39 is 0 Å². The van der Waals surface area contributed by atoms with Crippen LogP contribution in [0.4, 0.5) is 10.8 Å². The Morgan fingerprint density at radius 1 is 1.19 bits per heavy atom. The maximum atomic E-state index is 6.17. The molecule has 0 saturated heterocycles. The Morgan fingerprint density at radius 3 is 2.71 bits per heavy atom. The van der Waals surface area contributed by atoms with Crippen LogP contribution in [0, 0.1) is 0 Å². The van der Waals surface area contributed by atoms with Crippen molar-refractivity contribution in [2.75, 3.05) is 11.9 Å². The van der Waals surface area contributed by atoms with Crippen molar-refractivity contribution in [3.63, 3.8) is 0 Å². The summed E-state index contributed by atoms with van der Waals surface area (Å²) in [5, 5.41) is 4.87. The van der Waals surface area contributed by atoms with Gasteiger partial charge in [0.1, 0.15) is 5.75 Å². The smallest absolute Gasteiger partial charge is 0.188 e. The van der Waals surface area contributed by atoms with Crippen LogP contribution in [-0.2, 0) is 0 Å². The number of benzene rings is 2. The molecule has 1 N–H and O–H groups in total. The Hall–Kier alpha value is -1.78. The quantitative estimate of drug-likeness (QED) is 0.676. The molecular weight excluding hydrogens is 304 g/mol. The van der Waals surface area contributed by atoms with Gasteiger partial charge in [0.15, 0.2) is 5.13 Å². The van der Waals surface area contributed by atoms with Crippen molar-refractivity contribution in [3.8, 4) is 5.75 Å². The fraction of sp³-hybridized carbons (Fsp3) is 0.188. The number of fused-ring (bicyclic) bond motifs is 1. The van der Waals surface area contributed by atoms with Crippen LogP contribution in [0.25, 0.3) is 10.2 Å². The third-order valence-corrected chi connectivity index (χ3v) is 4.39. The Bertz CT molecular complexity index is 740. The minimum Gasteiger partial charge on any atom is -0.494 e. The standard InChI is InChI=1S/C16H15ClN2OS/c1-2-10-20-12-8-6-11(7-9-12)18-16-19-14-5-3-4-13(17)15(14)21-16/h3-9H,2,10H2,1H3,(H,18,19). The number of hydrogen-bond donors (Lipinski definition) is 1. The maximum Gasteiger partial charge on any atom is 0.188 e. The van der Waals surface area contributed by atoms with E-state index in [1.54, 1.807) is 11.3 Å². The number of ether oxygens (including phenoxy) is 1. The largest absolute Gasteiger partial charge is 0.494 e. The SMILES string of the molecule is CCCOc1ccc(Nc2nc3cccc(Cl)c3s2)cc1. The summed E-state index contributed by atoms with van der Waals surface area (Å²) in [5.74, 6) is 0.884. The first-order valence-electron chi connectivity index (χ1n) is 6.81. The molecule has 1 aromatic heterocycles. The third-order valence-electron chi connectivity index (χ3n) is 2.95. The molecule has 108 valence electrons. The molecule has 21 heavy (non-hydrogen) atoms. The zero-order valence-electron chi connectivity index (χ0n) is 11.6. The van der Waals surface area contributed by atoms with Crippen molar-refractivity contribution in [3.05, 3.63) is 47.5 Å². The molecule has 0 radical (unpaired) electrons. The summed E-state index contributed by atoms with van der Waals surface area (Å²) < 4.78 is 6.57. The number of rotatable bonds is 5. The molecule has 0 aliphatic heterocycles. The molecule has 0 amide bonds. The Labute approximate surface area is 132 Å². The van der Waals surface area contributed by atoms with Gasteiger partial charge in [0, 0.05) is 5.69 Å². The van der Waals surface area contributed by atoms with Crippen molar-refractivity contribution < 1.29 is 4.74 Å². The van der Waals surface area contributed by atoms with Crippen LogP contribution in [-0.4, -0.2) is 11.6 Å². The normalized spacial score (nSPS) is 10.8. The van der Waals surface area contributed by atoms with Crippen molar-refractivity contribution in [2.45, 2.75) is 13.3 Å². The van der Waals surface area contributed by atoms with Gasteiger partial charge in [0.25, 0.3) is 0 Å². The fourth-order valence-electron chi connectivity index (χ4n) is 1.95. The lowest BCUT2D eigenvalue weighted by Gasteiger charge is -2.06. The highest BCUT2D eigenvalue weighted by Crippen LogP contribution is 2.33. The van der Waals surface area contributed by atoms with Crippen molar-refractivity contribution in [2.24, 2.45) is 0 Å². The highest BCUT2D eigenvalue weighted by Gasteiger charge is 2.06. The van der Waals surface area contributed by atoms with Crippen molar-refractivity contribution in [1.29, 1.82) is 0 Å². The molecule has 1 heterocycles. The average molecular weight is 319 g/mol. The van der Waals surface area contributed by atoms with Crippen LogP contribution >= 0.6 is 22.9 Å². The summed E-state index contributed by atoms with van der Waals surface area (Å²) in [7, 11) is 0. The van der Waals surface area contributed by atoms with Crippen LogP contribution in [0.1, 0.15) is 13.3 Å². The lowest BCUT2D eigenvalue weighted by molar-refractivity contribution is 0.317. The Morgan fingerprint density at radius 2 is 2.00 bits per heavy atom. The van der Waals surface area contributed by atoms with Crippen LogP contribution in [0.2, 0.25) is 5.02 Å². The third kappa shape index (κ3) is 3.28. The predicted molar refractivity (Wildman–Crippen MR) is 90.1 cm³/mol. The number of halogens is 1. The van der Waals surface area contributed by atoms with Gasteiger partial charge in [-0.05, 0) is 42.8 Å². The molecule has 3 aromatic rings. The van der Waals surface area contributed by atoms with Crippen LogP contribution < -0.4 is 10.1 Å². The lowest BCUT2D eigenvalue weighted by Crippen LogP contribution is -1.95. The highest BCUT2D eigenvalue weighted by atomic mass is 35.5. The zero-order valence-corrected chi connectivity index (χ0v) is 13.2. The summed E-state index contributed by atoms with van der Waals surface area (Å²) in [4.78, 5) is 4.53. The minimum absolute atomic E-state index is 0.737. The second-order valence-electron chi connectivity index (χ2n) is 4.60. The van der Waals surface area contributed by atoms with E-state index in [0.29, 0.717) is 0 Å². The molecule has 0 aliphatic rings. The monoisotopic (exact) mass is 318 g/mol. The molecule has 0 fully saturated rings. The second kappa shape index (κ2) is 6.33. The van der Waals surface area contributed by atoms with Crippen molar-refractivity contribution >= 4 is 44.0 Å². The van der Waals surface area contributed by atoms with E-state index in [2.05, 4.69) is 17.2 Å². The Balaban J connectivity index is 1.77. The molecule has 3 nitrogen and oxygen atoms in total. The van der Waals surface area contributed by atoms with E-state index in [4.69, 9.17) is 16.3 Å². The summed E-state index contributed by atoms with van der Waals surface area (Å²) in [6, 6.07) is 13.6. The first kappa shape index (κ1) is 14.2. The van der Waals surface area contributed by atoms with Gasteiger partial charge in [-0.1, -0.05) is 35.9 Å². The second-order valence-corrected chi connectivity index (χ2v) is 6.01. The van der Waals surface area contributed by atoms with E-state index >= 15 is 0 Å². The first-order chi connectivity index (χ1) is 10.3. The van der Waals surface area contributed by atoms with Gasteiger partial charge in [-0.2, -0.15) is 0 Å². The number of nitrogens with zero attached hydrogens (tertiary/aromatic N) is 1. The van der Waals surface area contributed by atoms with E-state index in [0.717, 1.165) is 44.8 Å². The van der Waals surface area contributed by atoms with Crippen LogP contribution in [0.5, 0.6) is 5.75 Å². The molecule has 0 unspecified atom stereocenters.